The minimum absolute atomic E-state index is 0.0157. The van der Waals surface area contributed by atoms with Crippen LogP contribution in [-0.4, -0.2) is 79.6 Å². The van der Waals surface area contributed by atoms with Crippen LogP contribution in [0.5, 0.6) is 11.5 Å². The molecule has 0 radical (unpaired) electrons. The zero-order valence-electron chi connectivity index (χ0n) is 23.4. The van der Waals surface area contributed by atoms with E-state index in [1.807, 2.05) is 25.2 Å². The van der Waals surface area contributed by atoms with E-state index in [2.05, 4.69) is 40.3 Å². The Balaban J connectivity index is 1.50. The van der Waals surface area contributed by atoms with Crippen LogP contribution in [0.15, 0.2) is 60.7 Å². The van der Waals surface area contributed by atoms with E-state index in [9.17, 15) is 14.7 Å². The number of esters is 1. The lowest BCUT2D eigenvalue weighted by Gasteiger charge is -2.64. The van der Waals surface area contributed by atoms with Crippen LogP contribution < -0.4 is 19.7 Å². The van der Waals surface area contributed by atoms with E-state index in [1.54, 1.807) is 31.4 Å². The summed E-state index contributed by atoms with van der Waals surface area (Å²) in [5.74, 6) is 0.650. The molecule has 3 aliphatic heterocycles. The number of ether oxygens (including phenoxy) is 3. The number of methoxy groups -OCH3 is 1. The highest BCUT2D eigenvalue weighted by molar-refractivity contribution is 5.73. The molecule has 1 saturated carbocycles. The van der Waals surface area contributed by atoms with E-state index in [0.29, 0.717) is 12.2 Å². The van der Waals surface area contributed by atoms with Crippen molar-refractivity contribution >= 4 is 17.7 Å². The topological polar surface area (TPSA) is 101 Å². The lowest BCUT2D eigenvalue weighted by molar-refractivity contribution is -0.216. The summed E-state index contributed by atoms with van der Waals surface area (Å²) in [7, 11) is 3.61. The van der Waals surface area contributed by atoms with E-state index < -0.39 is 40.6 Å². The minimum atomic E-state index is -1.66. The summed E-state index contributed by atoms with van der Waals surface area (Å²) in [5, 5.41) is 15.8. The van der Waals surface area contributed by atoms with Gasteiger partial charge >= 0.3 is 12.1 Å². The fraction of sp³-hybridized carbons (Fsp3) is 0.484. The Morgan fingerprint density at radius 1 is 1.12 bits per heavy atom. The molecule has 2 aromatic carbocycles. The third-order valence-corrected chi connectivity index (χ3v) is 9.69. The zero-order chi connectivity index (χ0) is 28.3. The molecule has 3 heterocycles. The van der Waals surface area contributed by atoms with Crippen molar-refractivity contribution in [2.75, 3.05) is 38.7 Å². The molecule has 9 nitrogen and oxygen atoms in total. The van der Waals surface area contributed by atoms with Gasteiger partial charge < -0.3 is 29.5 Å². The second-order valence-electron chi connectivity index (χ2n) is 11.5. The number of benzene rings is 2. The van der Waals surface area contributed by atoms with Crippen molar-refractivity contribution in [1.29, 1.82) is 0 Å². The molecule has 40 heavy (non-hydrogen) atoms. The number of nitrogens with one attached hydrogen (secondary N) is 1. The van der Waals surface area contributed by atoms with Gasteiger partial charge in [-0.15, -0.1) is 0 Å². The second kappa shape index (κ2) is 9.52. The SMILES string of the molecule is CCC12C=CCN3CC[C@@]4(c5ccc(OC)cc5N(C)[C@H]4C(O)(CNC(=O)Oc4ccccc4)[C@@H]1OC(C)=O)[C@@H]32. The highest BCUT2D eigenvalue weighted by Gasteiger charge is 2.77. The lowest BCUT2D eigenvalue weighted by Crippen LogP contribution is -2.81. The average molecular weight is 548 g/mol. The number of amides is 1. The molecule has 1 aliphatic carbocycles. The zero-order valence-corrected chi connectivity index (χ0v) is 23.4. The Kier molecular flexibility index (Phi) is 6.34. The molecular weight excluding hydrogens is 510 g/mol. The lowest BCUT2D eigenvalue weighted by atomic mass is 9.47. The van der Waals surface area contributed by atoms with E-state index in [4.69, 9.17) is 14.2 Å². The summed E-state index contributed by atoms with van der Waals surface area (Å²) >= 11 is 0. The van der Waals surface area contributed by atoms with Crippen molar-refractivity contribution in [2.24, 2.45) is 5.41 Å². The molecule has 6 rings (SSSR count). The van der Waals surface area contributed by atoms with Crippen molar-refractivity contribution in [2.45, 2.75) is 55.9 Å². The number of fused-ring (bicyclic) bond motifs is 1. The van der Waals surface area contributed by atoms with Crippen LogP contribution in [0.3, 0.4) is 0 Å². The van der Waals surface area contributed by atoms with E-state index in [1.165, 1.54) is 6.92 Å². The number of nitrogens with zero attached hydrogens (tertiary/aromatic N) is 2. The molecule has 2 N–H and O–H groups in total. The first-order chi connectivity index (χ1) is 19.2. The molecule has 212 valence electrons. The van der Waals surface area contributed by atoms with Crippen LogP contribution in [0.2, 0.25) is 0 Å². The van der Waals surface area contributed by atoms with E-state index >= 15 is 0 Å². The first-order valence-electron chi connectivity index (χ1n) is 13.9. The van der Waals surface area contributed by atoms with Crippen molar-refractivity contribution in [1.82, 2.24) is 10.2 Å². The smallest absolute Gasteiger partial charge is 0.412 e. The second-order valence-corrected chi connectivity index (χ2v) is 11.5. The molecule has 6 atom stereocenters. The highest BCUT2D eigenvalue weighted by Crippen LogP contribution is 2.67. The molecule has 0 aromatic heterocycles. The van der Waals surface area contributed by atoms with Crippen molar-refractivity contribution in [3.63, 3.8) is 0 Å². The predicted molar refractivity (Wildman–Crippen MR) is 150 cm³/mol. The molecule has 0 bridgehead atoms. The van der Waals surface area contributed by atoms with Crippen LogP contribution in [0.4, 0.5) is 10.5 Å². The van der Waals surface area contributed by atoms with Crippen LogP contribution >= 0.6 is 0 Å². The first kappa shape index (κ1) is 26.7. The summed E-state index contributed by atoms with van der Waals surface area (Å²) < 4.78 is 17.2. The molecular formula is C31H37N3O6. The summed E-state index contributed by atoms with van der Waals surface area (Å²) in [6.07, 6.45) is 4.14. The van der Waals surface area contributed by atoms with Crippen molar-refractivity contribution < 1.29 is 28.9 Å². The number of carbonyl (C=O) groups excluding carboxylic acids is 2. The van der Waals surface area contributed by atoms with Gasteiger partial charge in [0.15, 0.2) is 0 Å². The Morgan fingerprint density at radius 3 is 2.60 bits per heavy atom. The maximum absolute atomic E-state index is 13.0. The number of hydrogen-bond donors (Lipinski definition) is 2. The summed E-state index contributed by atoms with van der Waals surface area (Å²) in [5.41, 5.74) is -0.702. The number of likely N-dealkylation sites (N-methyl/N-ethyl adjacent to an activating group) is 1. The van der Waals surface area contributed by atoms with Gasteiger partial charge in [0, 0.05) is 49.1 Å². The number of rotatable bonds is 6. The van der Waals surface area contributed by atoms with Crippen LogP contribution in [0.1, 0.15) is 32.3 Å². The Labute approximate surface area is 234 Å². The first-order valence-corrected chi connectivity index (χ1v) is 13.9. The fourth-order valence-electron chi connectivity index (χ4n) is 8.49. The van der Waals surface area contributed by atoms with Crippen LogP contribution in [0.25, 0.3) is 0 Å². The number of anilines is 1. The largest absolute Gasteiger partial charge is 0.497 e. The Bertz CT molecular complexity index is 1350. The molecule has 1 spiro atoms. The quantitative estimate of drug-likeness (QED) is 0.420. The predicted octanol–water partition coefficient (Wildman–Crippen LogP) is 3.26. The molecule has 9 heteroatoms. The summed E-state index contributed by atoms with van der Waals surface area (Å²) in [6, 6.07) is 14.4. The normalized spacial score (nSPS) is 33.5. The summed E-state index contributed by atoms with van der Waals surface area (Å²) in [4.78, 5) is 30.2. The third-order valence-electron chi connectivity index (χ3n) is 9.69. The van der Waals surface area contributed by atoms with Gasteiger partial charge in [0.05, 0.1) is 19.7 Å². The van der Waals surface area contributed by atoms with Gasteiger partial charge in [-0.3, -0.25) is 9.69 Å². The number of hydrogen-bond acceptors (Lipinski definition) is 8. The standard InChI is InChI=1S/C31H37N3O6/c1-5-29-14-9-16-34-17-15-30(25(29)34)23-13-12-22(38-4)18-24(23)33(3)26(30)31(37,27(29)39-20(2)35)19-32-28(36)40-21-10-7-6-8-11-21/h6-14,18,25-27,37H,5,15-17,19H2,1-4H3,(H,32,36)/t25-,26+,27+,29?,30+,31?/m0/s1. The van der Waals surface area contributed by atoms with Gasteiger partial charge in [-0.2, -0.15) is 0 Å². The van der Waals surface area contributed by atoms with Gasteiger partial charge in [0.1, 0.15) is 23.2 Å². The fourth-order valence-corrected chi connectivity index (χ4v) is 8.49. The Hall–Kier alpha value is -3.56. The van der Waals surface area contributed by atoms with Crippen molar-refractivity contribution in [3.05, 3.63) is 66.2 Å². The van der Waals surface area contributed by atoms with Crippen LogP contribution in [-0.2, 0) is 14.9 Å². The summed E-state index contributed by atoms with van der Waals surface area (Å²) in [6.45, 7) is 4.93. The molecule has 1 amide bonds. The van der Waals surface area contributed by atoms with Crippen molar-refractivity contribution in [3.8, 4) is 11.5 Å². The highest BCUT2D eigenvalue weighted by atomic mass is 16.6. The molecule has 1 saturated heterocycles. The molecule has 2 aromatic rings. The van der Waals surface area contributed by atoms with E-state index in [-0.39, 0.29) is 12.6 Å². The third kappa shape index (κ3) is 3.60. The maximum atomic E-state index is 13.0. The monoisotopic (exact) mass is 547 g/mol. The number of carbonyl (C=O) groups is 2. The van der Waals surface area contributed by atoms with Gasteiger partial charge in [0.2, 0.25) is 0 Å². The minimum Gasteiger partial charge on any atom is -0.497 e. The Morgan fingerprint density at radius 2 is 1.90 bits per heavy atom. The van der Waals surface area contributed by atoms with Gasteiger partial charge in [0.25, 0.3) is 0 Å². The van der Waals surface area contributed by atoms with Crippen LogP contribution in [0, 0.1) is 5.41 Å². The molecule has 4 aliphatic rings. The van der Waals surface area contributed by atoms with Gasteiger partial charge in [-0.1, -0.05) is 43.3 Å². The maximum Gasteiger partial charge on any atom is 0.412 e. The molecule has 2 unspecified atom stereocenters. The van der Waals surface area contributed by atoms with Gasteiger partial charge in [-0.25, -0.2) is 4.79 Å². The molecule has 2 fully saturated rings. The number of aliphatic hydroxyl groups is 1. The van der Waals surface area contributed by atoms with E-state index in [0.717, 1.165) is 36.5 Å². The van der Waals surface area contributed by atoms with Gasteiger partial charge in [-0.05, 0) is 43.1 Å². The number of para-hydroxylation sites is 1. The average Bonchev–Trinajstić information content (AvgIpc) is 3.46.